The van der Waals surface area contributed by atoms with Crippen LogP contribution >= 0.6 is 11.8 Å². The van der Waals surface area contributed by atoms with E-state index < -0.39 is 0 Å². The Balaban J connectivity index is 1.57. The fourth-order valence-corrected chi connectivity index (χ4v) is 4.23. The van der Waals surface area contributed by atoms with Gasteiger partial charge in [0, 0.05) is 6.20 Å². The third-order valence-corrected chi connectivity index (χ3v) is 5.58. The maximum Gasteiger partial charge on any atom is 0.338 e. The first-order chi connectivity index (χ1) is 14.6. The number of carbonyl (C=O) groups excluding carboxylic acids is 1. The minimum atomic E-state index is -0.362. The zero-order valence-corrected chi connectivity index (χ0v) is 17.5. The Labute approximate surface area is 178 Å². The number of ether oxygens (including phenoxy) is 2. The van der Waals surface area contributed by atoms with Gasteiger partial charge in [0.2, 0.25) is 0 Å². The minimum absolute atomic E-state index is 0.274. The molecule has 2 aliphatic heterocycles. The molecule has 0 N–H and O–H groups in total. The molecule has 0 radical (unpaired) electrons. The molecule has 2 aliphatic rings. The van der Waals surface area contributed by atoms with E-state index in [9.17, 15) is 9.18 Å². The molecule has 7 heteroatoms. The fraction of sp³-hybridized carbons (Fsp3) is 0.217. The third kappa shape index (κ3) is 4.11. The van der Waals surface area contributed by atoms with E-state index in [0.29, 0.717) is 23.6 Å². The molecule has 2 aromatic carbocycles. The molecular formula is C23H21FN2O3S. The van der Waals surface area contributed by atoms with Crippen LogP contribution in [0.3, 0.4) is 0 Å². The van der Waals surface area contributed by atoms with Crippen molar-refractivity contribution >= 4 is 22.9 Å². The molecule has 0 amide bonds. The standard InChI is InChI=1S/C23H21FN2O3S/c1-3-28-22(27)20-15(2)25-23-26(11-12-30-23)21(20)17-7-9-19(10-8-17)29-14-16-5-4-6-18(24)13-16/h4-13,21H,3,14H2,1-2H3/t21-/m0/s1. The van der Waals surface area contributed by atoms with E-state index >= 15 is 0 Å². The van der Waals surface area contributed by atoms with E-state index in [0.717, 1.165) is 16.3 Å². The molecule has 0 spiro atoms. The predicted molar refractivity (Wildman–Crippen MR) is 115 cm³/mol. The molecule has 5 nitrogen and oxygen atoms in total. The molecule has 4 rings (SSSR count). The summed E-state index contributed by atoms with van der Waals surface area (Å²) in [5.41, 5.74) is 2.87. The van der Waals surface area contributed by atoms with Crippen molar-refractivity contribution in [3.8, 4) is 5.75 Å². The summed E-state index contributed by atoms with van der Waals surface area (Å²) < 4.78 is 24.4. The summed E-state index contributed by atoms with van der Waals surface area (Å²) >= 11 is 1.52. The topological polar surface area (TPSA) is 51.1 Å². The van der Waals surface area contributed by atoms with Gasteiger partial charge in [-0.05, 0) is 54.6 Å². The summed E-state index contributed by atoms with van der Waals surface area (Å²) in [7, 11) is 0. The van der Waals surface area contributed by atoms with Gasteiger partial charge in [-0.2, -0.15) is 0 Å². The molecule has 0 aliphatic carbocycles. The van der Waals surface area contributed by atoms with Crippen molar-refractivity contribution in [2.45, 2.75) is 26.5 Å². The first-order valence-corrected chi connectivity index (χ1v) is 10.5. The van der Waals surface area contributed by atoms with Gasteiger partial charge >= 0.3 is 5.97 Å². The summed E-state index contributed by atoms with van der Waals surface area (Å²) in [5, 5.41) is 2.78. The molecular weight excluding hydrogens is 403 g/mol. The maximum absolute atomic E-state index is 13.3. The van der Waals surface area contributed by atoms with Crippen LogP contribution in [0.5, 0.6) is 5.75 Å². The summed E-state index contributed by atoms with van der Waals surface area (Å²) in [5.74, 6) is 0.0170. The Kier molecular flexibility index (Phi) is 5.90. The predicted octanol–water partition coefficient (Wildman–Crippen LogP) is 5.17. The Morgan fingerprint density at radius 2 is 2.03 bits per heavy atom. The van der Waals surface area contributed by atoms with Gasteiger partial charge in [-0.15, -0.1) is 0 Å². The lowest BCUT2D eigenvalue weighted by molar-refractivity contribution is -0.139. The number of allylic oxidation sites excluding steroid dienone is 1. The van der Waals surface area contributed by atoms with Crippen molar-refractivity contribution in [2.24, 2.45) is 4.99 Å². The molecule has 0 saturated heterocycles. The Bertz CT molecular complexity index is 1050. The van der Waals surface area contributed by atoms with Crippen LogP contribution in [0.25, 0.3) is 0 Å². The average Bonchev–Trinajstić information content (AvgIpc) is 3.20. The molecule has 0 fully saturated rings. The van der Waals surface area contributed by atoms with Crippen molar-refractivity contribution in [1.82, 2.24) is 4.90 Å². The van der Waals surface area contributed by atoms with Gasteiger partial charge in [-0.3, -0.25) is 0 Å². The van der Waals surface area contributed by atoms with Gasteiger partial charge in [0.05, 0.1) is 23.9 Å². The second kappa shape index (κ2) is 8.75. The van der Waals surface area contributed by atoms with Crippen LogP contribution in [-0.2, 0) is 16.1 Å². The molecule has 0 aromatic heterocycles. The number of carbonyl (C=O) groups is 1. The van der Waals surface area contributed by atoms with Crippen LogP contribution in [0, 0.1) is 5.82 Å². The molecule has 0 bridgehead atoms. The highest BCUT2D eigenvalue weighted by Gasteiger charge is 2.37. The zero-order chi connectivity index (χ0) is 21.1. The number of halogens is 1. The van der Waals surface area contributed by atoms with E-state index in [2.05, 4.69) is 4.99 Å². The quantitative estimate of drug-likeness (QED) is 0.599. The smallest absolute Gasteiger partial charge is 0.338 e. The Hall–Kier alpha value is -3.06. The number of hydrogen-bond donors (Lipinski definition) is 0. The molecule has 2 aromatic rings. The van der Waals surface area contributed by atoms with E-state index in [-0.39, 0.29) is 24.4 Å². The van der Waals surface area contributed by atoms with E-state index in [1.54, 1.807) is 13.0 Å². The van der Waals surface area contributed by atoms with E-state index in [4.69, 9.17) is 9.47 Å². The van der Waals surface area contributed by atoms with Crippen LogP contribution in [0.15, 0.2) is 76.4 Å². The van der Waals surface area contributed by atoms with Gasteiger partial charge in [0.25, 0.3) is 0 Å². The average molecular weight is 424 g/mol. The lowest BCUT2D eigenvalue weighted by Crippen LogP contribution is -2.34. The highest BCUT2D eigenvalue weighted by Crippen LogP contribution is 2.41. The van der Waals surface area contributed by atoms with E-state index in [1.807, 2.05) is 53.8 Å². The number of thioether (sulfide) groups is 1. The summed E-state index contributed by atoms with van der Waals surface area (Å²) in [4.78, 5) is 19.2. The molecule has 0 saturated carbocycles. The van der Waals surface area contributed by atoms with Crippen molar-refractivity contribution in [2.75, 3.05) is 6.61 Å². The molecule has 0 unspecified atom stereocenters. The largest absolute Gasteiger partial charge is 0.489 e. The minimum Gasteiger partial charge on any atom is -0.489 e. The SMILES string of the molecule is CCOC(=O)C1=C(C)N=C2SC=CN2[C@H]1c1ccc(OCc2cccc(F)c2)cc1. The summed E-state index contributed by atoms with van der Waals surface area (Å²) in [6, 6.07) is 13.6. The lowest BCUT2D eigenvalue weighted by atomic mass is 9.95. The number of rotatable bonds is 6. The van der Waals surface area contributed by atoms with Crippen LogP contribution in [-0.4, -0.2) is 22.6 Å². The Morgan fingerprint density at radius 3 is 2.77 bits per heavy atom. The number of nitrogens with zero attached hydrogens (tertiary/aromatic N) is 2. The van der Waals surface area contributed by atoms with Gasteiger partial charge < -0.3 is 14.4 Å². The van der Waals surface area contributed by atoms with Crippen LogP contribution < -0.4 is 4.74 Å². The fourth-order valence-electron chi connectivity index (χ4n) is 3.44. The number of fused-ring (bicyclic) bond motifs is 1. The summed E-state index contributed by atoms with van der Waals surface area (Å²) in [6.07, 6.45) is 1.92. The number of amidine groups is 1. The molecule has 154 valence electrons. The molecule has 30 heavy (non-hydrogen) atoms. The van der Waals surface area contributed by atoms with Gasteiger partial charge in [-0.25, -0.2) is 14.2 Å². The number of benzene rings is 2. The lowest BCUT2D eigenvalue weighted by Gasteiger charge is -2.33. The zero-order valence-electron chi connectivity index (χ0n) is 16.7. The number of esters is 1. The highest BCUT2D eigenvalue weighted by atomic mass is 32.2. The summed E-state index contributed by atoms with van der Waals surface area (Å²) in [6.45, 7) is 4.20. The first-order valence-electron chi connectivity index (χ1n) is 9.62. The van der Waals surface area contributed by atoms with Crippen molar-refractivity contribution in [3.05, 3.63) is 88.4 Å². The van der Waals surface area contributed by atoms with Crippen LogP contribution in [0.4, 0.5) is 4.39 Å². The van der Waals surface area contributed by atoms with Crippen LogP contribution in [0.2, 0.25) is 0 Å². The van der Waals surface area contributed by atoms with Crippen molar-refractivity contribution in [3.63, 3.8) is 0 Å². The highest BCUT2D eigenvalue weighted by molar-refractivity contribution is 8.16. The molecule has 2 heterocycles. The van der Waals surface area contributed by atoms with Crippen molar-refractivity contribution < 1.29 is 18.7 Å². The second-order valence-corrected chi connectivity index (χ2v) is 7.69. The number of hydrogen-bond acceptors (Lipinski definition) is 6. The van der Waals surface area contributed by atoms with Crippen LogP contribution in [0.1, 0.15) is 31.0 Å². The van der Waals surface area contributed by atoms with Gasteiger partial charge in [0.15, 0.2) is 5.17 Å². The van der Waals surface area contributed by atoms with Gasteiger partial charge in [-0.1, -0.05) is 36.0 Å². The monoisotopic (exact) mass is 424 g/mol. The van der Waals surface area contributed by atoms with Gasteiger partial charge in [0.1, 0.15) is 18.2 Å². The molecule has 1 atom stereocenters. The maximum atomic E-state index is 13.3. The Morgan fingerprint density at radius 1 is 1.23 bits per heavy atom. The number of aliphatic imine (C=N–C) groups is 1. The second-order valence-electron chi connectivity index (χ2n) is 6.81. The first kappa shape index (κ1) is 20.2. The third-order valence-electron chi connectivity index (χ3n) is 4.81. The normalized spacial score (nSPS) is 17.6. The van der Waals surface area contributed by atoms with E-state index in [1.165, 1.54) is 23.9 Å². The van der Waals surface area contributed by atoms with Crippen molar-refractivity contribution in [1.29, 1.82) is 0 Å².